The number of hydrogen-bond donors (Lipinski definition) is 1. The molecule has 0 spiro atoms. The van der Waals surface area contributed by atoms with Crippen LogP contribution in [-0.2, 0) is 11.3 Å². The second-order valence-corrected chi connectivity index (χ2v) is 5.24. The van der Waals surface area contributed by atoms with Gasteiger partial charge in [0.2, 0.25) is 0 Å². The number of rotatable bonds is 6. The minimum atomic E-state index is 0.377. The van der Waals surface area contributed by atoms with Crippen molar-refractivity contribution in [2.45, 2.75) is 20.0 Å². The first kappa shape index (κ1) is 14.5. The van der Waals surface area contributed by atoms with Crippen LogP contribution < -0.4 is 5.32 Å². The number of nitrogens with zero attached hydrogens (tertiary/aromatic N) is 3. The Labute approximate surface area is 119 Å². The van der Waals surface area contributed by atoms with Crippen molar-refractivity contribution < 1.29 is 4.74 Å². The van der Waals surface area contributed by atoms with Crippen molar-refractivity contribution >= 4 is 17.4 Å². The molecular formula is C13H21ClN4O. The van der Waals surface area contributed by atoms with Crippen LogP contribution in [0, 0.1) is 5.92 Å². The van der Waals surface area contributed by atoms with E-state index in [0.717, 1.165) is 25.5 Å². The van der Waals surface area contributed by atoms with E-state index in [4.69, 9.17) is 16.3 Å². The molecule has 1 atom stereocenters. The number of ether oxygens (including phenoxy) is 1. The fourth-order valence-corrected chi connectivity index (χ4v) is 2.57. The SMILES string of the molecule is CCN1CCC(CNc2cc(Cl)nc(COC)n2)C1. The Morgan fingerprint density at radius 3 is 3.05 bits per heavy atom. The Bertz CT molecular complexity index is 416. The molecule has 0 amide bonds. The largest absolute Gasteiger partial charge is 0.377 e. The number of aromatic nitrogens is 2. The van der Waals surface area contributed by atoms with Gasteiger partial charge in [0.05, 0.1) is 0 Å². The molecule has 0 saturated carbocycles. The normalized spacial score (nSPS) is 19.8. The summed E-state index contributed by atoms with van der Waals surface area (Å²) in [5.74, 6) is 2.07. The summed E-state index contributed by atoms with van der Waals surface area (Å²) in [6.07, 6.45) is 1.24. The van der Waals surface area contributed by atoms with Gasteiger partial charge < -0.3 is 15.0 Å². The minimum Gasteiger partial charge on any atom is -0.377 e. The maximum Gasteiger partial charge on any atom is 0.158 e. The van der Waals surface area contributed by atoms with Crippen molar-refractivity contribution in [2.24, 2.45) is 5.92 Å². The number of halogens is 1. The lowest BCUT2D eigenvalue weighted by Gasteiger charge is -2.14. The lowest BCUT2D eigenvalue weighted by molar-refractivity contribution is 0.178. The van der Waals surface area contributed by atoms with Gasteiger partial charge in [-0.15, -0.1) is 0 Å². The molecule has 106 valence electrons. The molecule has 2 rings (SSSR count). The molecule has 1 saturated heterocycles. The predicted molar refractivity (Wildman–Crippen MR) is 76.5 cm³/mol. The molecule has 5 nitrogen and oxygen atoms in total. The van der Waals surface area contributed by atoms with Crippen LogP contribution in [-0.4, -0.2) is 48.2 Å². The molecule has 0 aromatic carbocycles. The van der Waals surface area contributed by atoms with Gasteiger partial charge in [0.15, 0.2) is 5.82 Å². The lowest BCUT2D eigenvalue weighted by atomic mass is 10.1. The number of nitrogens with one attached hydrogen (secondary N) is 1. The van der Waals surface area contributed by atoms with Gasteiger partial charge in [-0.3, -0.25) is 0 Å². The highest BCUT2D eigenvalue weighted by atomic mass is 35.5. The van der Waals surface area contributed by atoms with E-state index in [9.17, 15) is 0 Å². The van der Waals surface area contributed by atoms with Gasteiger partial charge in [-0.2, -0.15) is 0 Å². The van der Waals surface area contributed by atoms with Crippen molar-refractivity contribution in [2.75, 3.05) is 38.6 Å². The van der Waals surface area contributed by atoms with E-state index in [-0.39, 0.29) is 0 Å². The number of anilines is 1. The summed E-state index contributed by atoms with van der Waals surface area (Å²) in [4.78, 5) is 11.0. The molecule has 0 radical (unpaired) electrons. The average Bonchev–Trinajstić information content (AvgIpc) is 2.84. The van der Waals surface area contributed by atoms with Crippen LogP contribution in [0.1, 0.15) is 19.2 Å². The molecule has 1 aliphatic rings. The topological polar surface area (TPSA) is 50.3 Å². The van der Waals surface area contributed by atoms with Crippen LogP contribution in [0.4, 0.5) is 5.82 Å². The van der Waals surface area contributed by atoms with E-state index < -0.39 is 0 Å². The zero-order valence-electron chi connectivity index (χ0n) is 11.5. The molecule has 19 heavy (non-hydrogen) atoms. The third-order valence-electron chi connectivity index (χ3n) is 3.40. The minimum absolute atomic E-state index is 0.377. The zero-order valence-corrected chi connectivity index (χ0v) is 12.3. The fraction of sp³-hybridized carbons (Fsp3) is 0.692. The number of hydrogen-bond acceptors (Lipinski definition) is 5. The monoisotopic (exact) mass is 284 g/mol. The molecule has 1 aromatic heterocycles. The molecule has 1 unspecified atom stereocenters. The summed E-state index contributed by atoms with van der Waals surface area (Å²) < 4.78 is 5.03. The Morgan fingerprint density at radius 2 is 2.37 bits per heavy atom. The molecule has 1 aliphatic heterocycles. The molecular weight excluding hydrogens is 264 g/mol. The maximum absolute atomic E-state index is 5.97. The van der Waals surface area contributed by atoms with Gasteiger partial charge in [-0.05, 0) is 25.4 Å². The highest BCUT2D eigenvalue weighted by molar-refractivity contribution is 6.29. The summed E-state index contributed by atoms with van der Waals surface area (Å²) in [7, 11) is 1.62. The second-order valence-electron chi connectivity index (χ2n) is 4.85. The third-order valence-corrected chi connectivity index (χ3v) is 3.60. The van der Waals surface area contributed by atoms with Crippen molar-refractivity contribution in [3.63, 3.8) is 0 Å². The highest BCUT2D eigenvalue weighted by Crippen LogP contribution is 2.17. The van der Waals surface area contributed by atoms with E-state index in [0.29, 0.717) is 23.5 Å². The van der Waals surface area contributed by atoms with E-state index in [1.54, 1.807) is 13.2 Å². The first-order chi connectivity index (χ1) is 9.21. The maximum atomic E-state index is 5.97. The third kappa shape index (κ3) is 4.30. The molecule has 6 heteroatoms. The van der Waals surface area contributed by atoms with Crippen molar-refractivity contribution in [3.8, 4) is 0 Å². The van der Waals surface area contributed by atoms with Gasteiger partial charge in [0.25, 0.3) is 0 Å². The number of likely N-dealkylation sites (tertiary alicyclic amines) is 1. The van der Waals surface area contributed by atoms with E-state index in [1.165, 1.54) is 13.0 Å². The summed E-state index contributed by atoms with van der Waals surface area (Å²) in [6, 6.07) is 1.76. The van der Waals surface area contributed by atoms with E-state index in [1.807, 2.05) is 0 Å². The smallest absolute Gasteiger partial charge is 0.158 e. The first-order valence-electron chi connectivity index (χ1n) is 6.70. The quantitative estimate of drug-likeness (QED) is 0.810. The van der Waals surface area contributed by atoms with Crippen molar-refractivity contribution in [1.29, 1.82) is 0 Å². The Morgan fingerprint density at radius 1 is 1.53 bits per heavy atom. The van der Waals surface area contributed by atoms with Crippen LogP contribution in [0.2, 0.25) is 5.15 Å². The van der Waals surface area contributed by atoms with E-state index in [2.05, 4.69) is 27.1 Å². The standard InChI is InChI=1S/C13H21ClN4O/c1-3-18-5-4-10(8-18)7-15-12-6-11(14)16-13(17-12)9-19-2/h6,10H,3-5,7-9H2,1-2H3,(H,15,16,17). The molecule has 2 heterocycles. The predicted octanol–water partition coefficient (Wildman–Crippen LogP) is 2.03. The number of methoxy groups -OCH3 is 1. The Hall–Kier alpha value is -0.910. The van der Waals surface area contributed by atoms with Crippen LogP contribution in [0.15, 0.2) is 6.07 Å². The average molecular weight is 285 g/mol. The summed E-state index contributed by atoms with van der Waals surface area (Å²) >= 11 is 5.97. The van der Waals surface area contributed by atoms with Crippen LogP contribution >= 0.6 is 11.6 Å². The molecule has 0 aliphatic carbocycles. The van der Waals surface area contributed by atoms with E-state index >= 15 is 0 Å². The molecule has 1 fully saturated rings. The fourth-order valence-electron chi connectivity index (χ4n) is 2.36. The van der Waals surface area contributed by atoms with Gasteiger partial charge >= 0.3 is 0 Å². The Balaban J connectivity index is 1.88. The van der Waals surface area contributed by atoms with Crippen molar-refractivity contribution in [3.05, 3.63) is 17.0 Å². The van der Waals surface area contributed by atoms with Crippen LogP contribution in [0.5, 0.6) is 0 Å². The van der Waals surface area contributed by atoms with Gasteiger partial charge in [0, 0.05) is 26.3 Å². The lowest BCUT2D eigenvalue weighted by Crippen LogP contribution is -2.22. The molecule has 1 aromatic rings. The van der Waals surface area contributed by atoms with Crippen molar-refractivity contribution in [1.82, 2.24) is 14.9 Å². The first-order valence-corrected chi connectivity index (χ1v) is 7.07. The Kier molecular flexibility index (Phi) is 5.36. The second kappa shape index (κ2) is 7.03. The zero-order chi connectivity index (χ0) is 13.7. The van der Waals surface area contributed by atoms with Gasteiger partial charge in [0.1, 0.15) is 17.6 Å². The summed E-state index contributed by atoms with van der Waals surface area (Å²) in [5.41, 5.74) is 0. The highest BCUT2D eigenvalue weighted by Gasteiger charge is 2.20. The summed E-state index contributed by atoms with van der Waals surface area (Å²) in [5, 5.41) is 3.80. The summed E-state index contributed by atoms with van der Waals surface area (Å²) in [6.45, 7) is 7.00. The molecule has 0 bridgehead atoms. The van der Waals surface area contributed by atoms with Gasteiger partial charge in [-0.1, -0.05) is 18.5 Å². The van der Waals surface area contributed by atoms with Crippen LogP contribution in [0.25, 0.3) is 0 Å². The van der Waals surface area contributed by atoms with Crippen LogP contribution in [0.3, 0.4) is 0 Å². The molecule has 1 N–H and O–H groups in total. The van der Waals surface area contributed by atoms with Gasteiger partial charge in [-0.25, -0.2) is 9.97 Å².